The molecule has 0 aliphatic carbocycles. The molecule has 34 heavy (non-hydrogen) atoms. The summed E-state index contributed by atoms with van der Waals surface area (Å²) in [5.74, 6) is 1.56. The van der Waals surface area contributed by atoms with Crippen molar-refractivity contribution in [2.45, 2.75) is 11.8 Å². The molecule has 1 aliphatic rings. The predicted octanol–water partition coefficient (Wildman–Crippen LogP) is 3.52. The van der Waals surface area contributed by atoms with Crippen molar-refractivity contribution in [3.05, 3.63) is 72.7 Å². The first-order chi connectivity index (χ1) is 16.5. The normalized spacial score (nSPS) is 14.9. The summed E-state index contributed by atoms with van der Waals surface area (Å²) in [7, 11) is -2.03. The molecule has 0 saturated carbocycles. The zero-order chi connectivity index (χ0) is 23.7. The first-order valence-corrected chi connectivity index (χ1v) is 12.5. The molecule has 1 aliphatic heterocycles. The van der Waals surface area contributed by atoms with Gasteiger partial charge in [0.2, 0.25) is 10.0 Å². The van der Waals surface area contributed by atoms with Crippen molar-refractivity contribution >= 4 is 26.7 Å². The fourth-order valence-electron chi connectivity index (χ4n) is 4.16. The van der Waals surface area contributed by atoms with Gasteiger partial charge in [-0.1, -0.05) is 18.2 Å². The van der Waals surface area contributed by atoms with Gasteiger partial charge in [0.1, 0.15) is 22.8 Å². The number of piperazine rings is 1. The second-order valence-corrected chi connectivity index (χ2v) is 10.1. The Bertz CT molecular complexity index is 1430. The highest BCUT2D eigenvalue weighted by atomic mass is 32.2. The third kappa shape index (κ3) is 4.20. The second-order valence-electron chi connectivity index (χ2n) is 8.16. The Balaban J connectivity index is 1.35. The topological polar surface area (TPSA) is 88.5 Å². The number of hydrogen-bond donors (Lipinski definition) is 0. The Morgan fingerprint density at radius 2 is 1.68 bits per heavy atom. The van der Waals surface area contributed by atoms with Crippen LogP contribution in [0.4, 0.5) is 5.82 Å². The van der Waals surface area contributed by atoms with Gasteiger partial charge in [-0.3, -0.25) is 4.98 Å². The van der Waals surface area contributed by atoms with Crippen LogP contribution in [-0.4, -0.2) is 61.0 Å². The van der Waals surface area contributed by atoms with Gasteiger partial charge in [0.15, 0.2) is 0 Å². The van der Waals surface area contributed by atoms with Gasteiger partial charge >= 0.3 is 0 Å². The first kappa shape index (κ1) is 22.2. The molecule has 1 fully saturated rings. The Kier molecular flexibility index (Phi) is 5.89. The van der Waals surface area contributed by atoms with Crippen molar-refractivity contribution in [3.63, 3.8) is 0 Å². The van der Waals surface area contributed by atoms with Crippen molar-refractivity contribution in [2.75, 3.05) is 38.2 Å². The number of nitrogens with zero attached hydrogens (tertiary/aromatic N) is 5. The molecule has 1 saturated heterocycles. The van der Waals surface area contributed by atoms with Gasteiger partial charge in [0, 0.05) is 48.9 Å². The van der Waals surface area contributed by atoms with Crippen LogP contribution in [-0.2, 0) is 10.0 Å². The number of aryl methyl sites for hydroxylation is 1. The highest BCUT2D eigenvalue weighted by Crippen LogP contribution is 2.27. The van der Waals surface area contributed by atoms with Crippen LogP contribution in [0.15, 0.2) is 71.9 Å². The molecule has 2 aromatic heterocycles. The average molecular weight is 476 g/mol. The third-order valence-electron chi connectivity index (χ3n) is 6.04. The molecule has 3 heterocycles. The Hall–Kier alpha value is -3.56. The van der Waals surface area contributed by atoms with E-state index >= 15 is 0 Å². The number of pyridine rings is 1. The van der Waals surface area contributed by atoms with Crippen LogP contribution in [0.5, 0.6) is 5.75 Å². The molecule has 4 aromatic rings. The van der Waals surface area contributed by atoms with Gasteiger partial charge in [-0.15, -0.1) is 0 Å². The maximum atomic E-state index is 13.5. The van der Waals surface area contributed by atoms with Crippen molar-refractivity contribution < 1.29 is 13.2 Å². The van der Waals surface area contributed by atoms with E-state index in [-0.39, 0.29) is 4.90 Å². The molecular weight excluding hydrogens is 450 g/mol. The Morgan fingerprint density at radius 1 is 0.912 bits per heavy atom. The summed E-state index contributed by atoms with van der Waals surface area (Å²) in [6, 6.07) is 18.7. The lowest BCUT2D eigenvalue weighted by molar-refractivity contribution is 0.384. The van der Waals surface area contributed by atoms with E-state index in [2.05, 4.69) is 19.9 Å². The molecule has 0 spiro atoms. The zero-order valence-electron chi connectivity index (χ0n) is 19.0. The standard InChI is InChI=1S/C25H25N5O3S/c1-18-6-7-20-4-3-5-23(25(20)28-18)34(31,32)30-14-12-29(13-15-30)24-16-22(26-17-27-24)19-8-10-21(33-2)11-9-19/h3-11,16-17H,12-15H2,1-2H3. The van der Waals surface area contributed by atoms with Crippen molar-refractivity contribution in [1.82, 2.24) is 19.3 Å². The van der Waals surface area contributed by atoms with Crippen LogP contribution in [0.2, 0.25) is 0 Å². The number of methoxy groups -OCH3 is 1. The summed E-state index contributed by atoms with van der Waals surface area (Å²) < 4.78 is 33.7. The molecular formula is C25H25N5O3S. The number of ether oxygens (including phenoxy) is 1. The quantitative estimate of drug-likeness (QED) is 0.436. The monoisotopic (exact) mass is 475 g/mol. The van der Waals surface area contributed by atoms with E-state index in [1.807, 2.05) is 55.5 Å². The maximum Gasteiger partial charge on any atom is 0.245 e. The summed E-state index contributed by atoms with van der Waals surface area (Å²) >= 11 is 0. The lowest BCUT2D eigenvalue weighted by Gasteiger charge is -2.34. The lowest BCUT2D eigenvalue weighted by atomic mass is 10.1. The molecule has 0 bridgehead atoms. The van der Waals surface area contributed by atoms with E-state index in [1.54, 1.807) is 25.6 Å². The molecule has 174 valence electrons. The summed E-state index contributed by atoms with van der Waals surface area (Å²) in [6.45, 7) is 3.67. The second kappa shape index (κ2) is 9.00. The van der Waals surface area contributed by atoms with Crippen molar-refractivity contribution in [1.29, 1.82) is 0 Å². The minimum Gasteiger partial charge on any atom is -0.497 e. The van der Waals surface area contributed by atoms with Crippen molar-refractivity contribution in [3.8, 4) is 17.0 Å². The summed E-state index contributed by atoms with van der Waals surface area (Å²) in [5, 5.41) is 0.817. The zero-order valence-corrected chi connectivity index (χ0v) is 19.9. The number of rotatable bonds is 5. The highest BCUT2D eigenvalue weighted by molar-refractivity contribution is 7.89. The Labute approximate surface area is 198 Å². The van der Waals surface area contributed by atoms with Crippen LogP contribution in [0.3, 0.4) is 0 Å². The smallest absolute Gasteiger partial charge is 0.245 e. The Morgan fingerprint density at radius 3 is 2.41 bits per heavy atom. The fraction of sp³-hybridized carbons (Fsp3) is 0.240. The van der Waals surface area contributed by atoms with Crippen LogP contribution in [0, 0.1) is 6.92 Å². The molecule has 9 heteroatoms. The third-order valence-corrected chi connectivity index (χ3v) is 7.97. The predicted molar refractivity (Wildman–Crippen MR) is 131 cm³/mol. The minimum atomic E-state index is -3.67. The minimum absolute atomic E-state index is 0.256. The number of fused-ring (bicyclic) bond motifs is 1. The molecule has 8 nitrogen and oxygen atoms in total. The fourth-order valence-corrected chi connectivity index (χ4v) is 5.74. The van der Waals surface area contributed by atoms with Gasteiger partial charge in [-0.2, -0.15) is 4.31 Å². The molecule has 5 rings (SSSR count). The highest BCUT2D eigenvalue weighted by Gasteiger charge is 2.30. The van der Waals surface area contributed by atoms with Crippen LogP contribution in [0.25, 0.3) is 22.2 Å². The summed E-state index contributed by atoms with van der Waals surface area (Å²) in [6.07, 6.45) is 1.54. The number of benzene rings is 2. The molecule has 0 atom stereocenters. The lowest BCUT2D eigenvalue weighted by Crippen LogP contribution is -2.49. The van der Waals surface area contributed by atoms with Crippen LogP contribution >= 0.6 is 0 Å². The van der Waals surface area contributed by atoms with Crippen LogP contribution in [0.1, 0.15) is 5.69 Å². The van der Waals surface area contributed by atoms with Gasteiger partial charge in [0.05, 0.1) is 18.3 Å². The van der Waals surface area contributed by atoms with Crippen LogP contribution < -0.4 is 9.64 Å². The molecule has 0 amide bonds. The van der Waals surface area contributed by atoms with Gasteiger partial charge in [-0.05, 0) is 43.3 Å². The number of para-hydroxylation sites is 1. The number of sulfonamides is 1. The van der Waals surface area contributed by atoms with Crippen molar-refractivity contribution in [2.24, 2.45) is 0 Å². The number of aromatic nitrogens is 3. The summed E-state index contributed by atoms with van der Waals surface area (Å²) in [5.41, 5.74) is 3.07. The van der Waals surface area contributed by atoms with E-state index in [1.165, 1.54) is 4.31 Å². The van der Waals surface area contributed by atoms with E-state index in [4.69, 9.17) is 4.74 Å². The van der Waals surface area contributed by atoms with Gasteiger partial charge in [0.25, 0.3) is 0 Å². The van der Waals surface area contributed by atoms with E-state index < -0.39 is 10.0 Å². The largest absolute Gasteiger partial charge is 0.497 e. The van der Waals surface area contributed by atoms with E-state index in [0.717, 1.165) is 33.9 Å². The van der Waals surface area contributed by atoms with Gasteiger partial charge < -0.3 is 9.64 Å². The average Bonchev–Trinajstić information content (AvgIpc) is 2.88. The first-order valence-electron chi connectivity index (χ1n) is 11.0. The molecule has 0 unspecified atom stereocenters. The van der Waals surface area contributed by atoms with Gasteiger partial charge in [-0.25, -0.2) is 18.4 Å². The number of hydrogen-bond acceptors (Lipinski definition) is 7. The SMILES string of the molecule is COc1ccc(-c2cc(N3CCN(S(=O)(=O)c4cccc5ccc(C)nc45)CC3)ncn2)cc1. The number of anilines is 1. The van der Waals surface area contributed by atoms with E-state index in [0.29, 0.717) is 31.7 Å². The summed E-state index contributed by atoms with van der Waals surface area (Å²) in [4.78, 5) is 15.7. The molecule has 0 radical (unpaired) electrons. The molecule has 0 N–H and O–H groups in total. The van der Waals surface area contributed by atoms with E-state index in [9.17, 15) is 8.42 Å². The maximum absolute atomic E-state index is 13.5. The molecule has 2 aromatic carbocycles.